The molecule has 0 aliphatic heterocycles. The monoisotopic (exact) mass is 346 g/mol. The maximum absolute atomic E-state index is 12.2. The largest absolute Gasteiger partial charge is 0.468 e. The van der Waals surface area contributed by atoms with Crippen LogP contribution in [-0.2, 0) is 16.6 Å². The Labute approximate surface area is 131 Å². The minimum atomic E-state index is -4.50. The fourth-order valence-corrected chi connectivity index (χ4v) is 2.72. The Bertz CT molecular complexity index is 749. The molecule has 2 rings (SSSR count). The van der Waals surface area contributed by atoms with Crippen LogP contribution in [0, 0.1) is 0 Å². The molecule has 0 aliphatic rings. The van der Waals surface area contributed by atoms with Gasteiger partial charge in [-0.05, 0) is 18.2 Å². The molecule has 0 saturated heterocycles. The van der Waals surface area contributed by atoms with E-state index in [2.05, 4.69) is 14.4 Å². The Morgan fingerprint density at radius 1 is 1.09 bits per heavy atom. The Hall–Kier alpha value is -2.13. The van der Waals surface area contributed by atoms with Crippen LogP contribution in [-0.4, -0.2) is 26.2 Å². The summed E-state index contributed by atoms with van der Waals surface area (Å²) in [6, 6.07) is 10.5. The lowest BCUT2D eigenvalue weighted by Gasteiger charge is -2.12. The second kappa shape index (κ2) is 6.97. The fraction of sp³-hybridized carbons (Fsp3) is 0.214. The van der Waals surface area contributed by atoms with Crippen molar-refractivity contribution in [2.75, 3.05) is 6.61 Å². The molecule has 0 spiro atoms. The topological polar surface area (TPSA) is 68.3 Å². The van der Waals surface area contributed by atoms with Gasteiger partial charge in [-0.2, -0.15) is 13.2 Å². The summed E-state index contributed by atoms with van der Waals surface area (Å²) in [5.74, 6) is -0.263. The maximum Gasteiger partial charge on any atom is 0.422 e. The standard InChI is InChI=1S/C14H13F3N2O3S/c15-14(16,17)10-22-13-11(5-4-8-18-13)9-19-23(20,21)12-6-2-1-3-7-12/h1-8,19H,9-10H2. The quantitative estimate of drug-likeness (QED) is 0.873. The Kier molecular flexibility index (Phi) is 5.22. The smallest absolute Gasteiger partial charge is 0.422 e. The van der Waals surface area contributed by atoms with Crippen LogP contribution < -0.4 is 9.46 Å². The summed E-state index contributed by atoms with van der Waals surface area (Å²) in [6.45, 7) is -1.74. The third-order valence-electron chi connectivity index (χ3n) is 2.73. The lowest BCUT2D eigenvalue weighted by molar-refractivity contribution is -0.154. The molecule has 1 N–H and O–H groups in total. The third kappa shape index (κ3) is 5.22. The molecule has 0 fully saturated rings. The van der Waals surface area contributed by atoms with E-state index in [1.807, 2.05) is 0 Å². The van der Waals surface area contributed by atoms with Crippen molar-refractivity contribution in [1.82, 2.24) is 9.71 Å². The predicted molar refractivity (Wildman–Crippen MR) is 76.3 cm³/mol. The van der Waals surface area contributed by atoms with Gasteiger partial charge in [0.15, 0.2) is 6.61 Å². The summed E-state index contributed by atoms with van der Waals surface area (Å²) in [6.07, 6.45) is -3.24. The second-order valence-electron chi connectivity index (χ2n) is 4.51. The Morgan fingerprint density at radius 2 is 1.78 bits per heavy atom. The molecule has 0 radical (unpaired) electrons. The molecular weight excluding hydrogens is 333 g/mol. The minimum Gasteiger partial charge on any atom is -0.468 e. The highest BCUT2D eigenvalue weighted by Crippen LogP contribution is 2.20. The van der Waals surface area contributed by atoms with Crippen LogP contribution in [0.5, 0.6) is 5.88 Å². The zero-order valence-corrected chi connectivity index (χ0v) is 12.6. The second-order valence-corrected chi connectivity index (χ2v) is 6.28. The molecular formula is C14H13F3N2O3S. The molecule has 0 atom stereocenters. The van der Waals surface area contributed by atoms with Crippen molar-refractivity contribution in [2.45, 2.75) is 17.6 Å². The van der Waals surface area contributed by atoms with E-state index in [9.17, 15) is 21.6 Å². The van der Waals surface area contributed by atoms with Gasteiger partial charge in [0.2, 0.25) is 15.9 Å². The number of hydrogen-bond acceptors (Lipinski definition) is 4. The number of sulfonamides is 1. The molecule has 9 heteroatoms. The number of pyridine rings is 1. The van der Waals surface area contributed by atoms with Crippen LogP contribution in [0.4, 0.5) is 13.2 Å². The summed E-state index contributed by atoms with van der Waals surface area (Å²) in [4.78, 5) is 3.76. The molecule has 23 heavy (non-hydrogen) atoms. The van der Waals surface area contributed by atoms with Crippen LogP contribution in [0.3, 0.4) is 0 Å². The normalized spacial score (nSPS) is 12.1. The predicted octanol–water partition coefficient (Wildman–Crippen LogP) is 2.50. The van der Waals surface area contributed by atoms with Gasteiger partial charge in [-0.1, -0.05) is 24.3 Å². The molecule has 2 aromatic rings. The number of ether oxygens (including phenoxy) is 1. The minimum absolute atomic E-state index is 0.0571. The molecule has 0 amide bonds. The molecule has 5 nitrogen and oxygen atoms in total. The van der Waals surface area contributed by atoms with E-state index in [1.54, 1.807) is 18.2 Å². The van der Waals surface area contributed by atoms with Gasteiger partial charge < -0.3 is 4.74 Å². The van der Waals surface area contributed by atoms with E-state index in [-0.39, 0.29) is 22.9 Å². The van der Waals surface area contributed by atoms with Gasteiger partial charge in [0, 0.05) is 18.3 Å². The summed E-state index contributed by atoms with van der Waals surface area (Å²) < 4.78 is 67.7. The average molecular weight is 346 g/mol. The van der Waals surface area contributed by atoms with E-state index in [1.165, 1.54) is 30.5 Å². The number of hydrogen-bond donors (Lipinski definition) is 1. The molecule has 0 bridgehead atoms. The van der Waals surface area contributed by atoms with E-state index < -0.39 is 22.8 Å². The molecule has 1 aromatic carbocycles. The zero-order valence-electron chi connectivity index (χ0n) is 11.7. The van der Waals surface area contributed by atoms with Crippen LogP contribution in [0.2, 0.25) is 0 Å². The Balaban J connectivity index is 2.09. The van der Waals surface area contributed by atoms with Gasteiger partial charge in [-0.3, -0.25) is 0 Å². The van der Waals surface area contributed by atoms with Crippen LogP contribution in [0.15, 0.2) is 53.6 Å². The summed E-state index contributed by atoms with van der Waals surface area (Å²) in [5, 5.41) is 0. The van der Waals surface area contributed by atoms with Gasteiger partial charge >= 0.3 is 6.18 Å². The molecule has 1 aromatic heterocycles. The van der Waals surface area contributed by atoms with Gasteiger partial charge in [0.25, 0.3) is 0 Å². The molecule has 1 heterocycles. The number of nitrogens with one attached hydrogen (secondary N) is 1. The van der Waals surface area contributed by atoms with Gasteiger partial charge in [-0.15, -0.1) is 0 Å². The van der Waals surface area contributed by atoms with Crippen molar-refractivity contribution >= 4 is 10.0 Å². The molecule has 124 valence electrons. The van der Waals surface area contributed by atoms with E-state index in [0.29, 0.717) is 0 Å². The molecule has 0 saturated carbocycles. The first kappa shape index (κ1) is 17.2. The average Bonchev–Trinajstić information content (AvgIpc) is 2.52. The summed E-state index contributed by atoms with van der Waals surface area (Å²) in [7, 11) is -3.77. The van der Waals surface area contributed by atoms with Crippen molar-refractivity contribution in [3.63, 3.8) is 0 Å². The van der Waals surface area contributed by atoms with E-state index in [4.69, 9.17) is 0 Å². The maximum atomic E-state index is 12.2. The highest BCUT2D eigenvalue weighted by atomic mass is 32.2. The van der Waals surface area contributed by atoms with Crippen molar-refractivity contribution in [3.05, 3.63) is 54.2 Å². The van der Waals surface area contributed by atoms with E-state index in [0.717, 1.165) is 0 Å². The molecule has 0 aliphatic carbocycles. The SMILES string of the molecule is O=S(=O)(NCc1cccnc1OCC(F)(F)F)c1ccccc1. The first-order valence-electron chi connectivity index (χ1n) is 6.46. The third-order valence-corrected chi connectivity index (χ3v) is 4.15. The van der Waals surface area contributed by atoms with Gasteiger partial charge in [-0.25, -0.2) is 18.1 Å². The zero-order chi connectivity index (χ0) is 16.9. The van der Waals surface area contributed by atoms with Crippen LogP contribution >= 0.6 is 0 Å². The highest BCUT2D eigenvalue weighted by Gasteiger charge is 2.29. The van der Waals surface area contributed by atoms with Crippen molar-refractivity contribution in [2.24, 2.45) is 0 Å². The summed E-state index contributed by atoms with van der Waals surface area (Å²) >= 11 is 0. The number of alkyl halides is 3. The first-order valence-corrected chi connectivity index (χ1v) is 7.94. The number of nitrogens with zero attached hydrogens (tertiary/aromatic N) is 1. The van der Waals surface area contributed by atoms with E-state index >= 15 is 0 Å². The fourth-order valence-electron chi connectivity index (χ4n) is 1.69. The van der Waals surface area contributed by atoms with Gasteiger partial charge in [0.1, 0.15) is 0 Å². The van der Waals surface area contributed by atoms with Crippen LogP contribution in [0.1, 0.15) is 5.56 Å². The summed E-state index contributed by atoms with van der Waals surface area (Å²) in [5.41, 5.74) is 0.205. The number of rotatable bonds is 6. The lowest BCUT2D eigenvalue weighted by Crippen LogP contribution is -2.24. The van der Waals surface area contributed by atoms with Crippen LogP contribution in [0.25, 0.3) is 0 Å². The molecule has 0 unspecified atom stereocenters. The first-order chi connectivity index (χ1) is 10.8. The number of aromatic nitrogens is 1. The van der Waals surface area contributed by atoms with Crippen molar-refractivity contribution in [1.29, 1.82) is 0 Å². The van der Waals surface area contributed by atoms with Crippen molar-refractivity contribution in [3.8, 4) is 5.88 Å². The highest BCUT2D eigenvalue weighted by molar-refractivity contribution is 7.89. The van der Waals surface area contributed by atoms with Crippen molar-refractivity contribution < 1.29 is 26.3 Å². The van der Waals surface area contributed by atoms with Gasteiger partial charge in [0.05, 0.1) is 4.90 Å². The lowest BCUT2D eigenvalue weighted by atomic mass is 10.3. The number of halogens is 3. The number of benzene rings is 1. The Morgan fingerprint density at radius 3 is 2.43 bits per heavy atom.